The van der Waals surface area contributed by atoms with Crippen LogP contribution in [0.15, 0.2) is 54.6 Å². The number of benzene rings is 2. The number of nitrogens with zero attached hydrogens (tertiary/aromatic N) is 1. The van der Waals surface area contributed by atoms with Crippen molar-refractivity contribution in [3.05, 3.63) is 65.7 Å². The fraction of sp³-hybridized carbons (Fsp3) is 0.381. The zero-order valence-electron chi connectivity index (χ0n) is 14.3. The fourth-order valence-electron chi connectivity index (χ4n) is 3.23. The third kappa shape index (κ3) is 4.16. The maximum atomic E-state index is 12.6. The lowest BCUT2D eigenvalue weighted by Gasteiger charge is -2.33. The molecule has 0 N–H and O–H groups in total. The topological polar surface area (TPSA) is 29.5 Å². The van der Waals surface area contributed by atoms with Gasteiger partial charge in [0.15, 0.2) is 0 Å². The minimum absolute atomic E-state index is 0.0890. The number of piperidine rings is 1. The Balaban J connectivity index is 1.61. The van der Waals surface area contributed by atoms with Crippen LogP contribution in [0.5, 0.6) is 5.75 Å². The van der Waals surface area contributed by atoms with E-state index >= 15 is 0 Å². The molecule has 3 heteroatoms. The number of carbonyl (C=O) groups is 1. The van der Waals surface area contributed by atoms with Crippen molar-refractivity contribution in [3.63, 3.8) is 0 Å². The van der Waals surface area contributed by atoms with Crippen molar-refractivity contribution >= 4 is 5.91 Å². The first-order valence-electron chi connectivity index (χ1n) is 8.82. The van der Waals surface area contributed by atoms with Crippen molar-refractivity contribution in [1.82, 2.24) is 4.90 Å². The van der Waals surface area contributed by atoms with E-state index in [9.17, 15) is 4.79 Å². The first-order chi connectivity index (χ1) is 11.8. The van der Waals surface area contributed by atoms with Gasteiger partial charge in [0.1, 0.15) is 11.9 Å². The van der Waals surface area contributed by atoms with E-state index in [4.69, 9.17) is 4.74 Å². The van der Waals surface area contributed by atoms with Gasteiger partial charge in [-0.2, -0.15) is 0 Å². The Kier molecular flexibility index (Phi) is 5.52. The lowest BCUT2D eigenvalue weighted by Crippen LogP contribution is -2.45. The van der Waals surface area contributed by atoms with Gasteiger partial charge in [0.25, 0.3) is 0 Å². The van der Waals surface area contributed by atoms with Crippen LogP contribution >= 0.6 is 0 Å². The summed E-state index contributed by atoms with van der Waals surface area (Å²) in [5, 5.41) is 0. The first kappa shape index (κ1) is 16.6. The molecule has 3 nitrogen and oxygen atoms in total. The van der Waals surface area contributed by atoms with Crippen molar-refractivity contribution < 1.29 is 9.53 Å². The van der Waals surface area contributed by atoms with Gasteiger partial charge in [0.2, 0.25) is 5.91 Å². The number of aryl methyl sites for hydroxylation is 1. The summed E-state index contributed by atoms with van der Waals surface area (Å²) in [4.78, 5) is 14.5. The van der Waals surface area contributed by atoms with Crippen molar-refractivity contribution in [1.29, 1.82) is 0 Å². The van der Waals surface area contributed by atoms with Gasteiger partial charge in [0.05, 0.1) is 13.0 Å². The molecule has 1 heterocycles. The Labute approximate surface area is 144 Å². The lowest BCUT2D eigenvalue weighted by atomic mass is 10.1. The highest BCUT2D eigenvalue weighted by Crippen LogP contribution is 2.23. The first-order valence-corrected chi connectivity index (χ1v) is 8.82. The summed E-state index contributed by atoms with van der Waals surface area (Å²) in [6.07, 6.45) is 3.52. The molecular weight excluding hydrogens is 298 g/mol. The molecule has 0 bridgehead atoms. The zero-order chi connectivity index (χ0) is 16.8. The summed E-state index contributed by atoms with van der Waals surface area (Å²) in [6.45, 7) is 3.66. The second-order valence-electron chi connectivity index (χ2n) is 6.35. The molecule has 1 atom stereocenters. The van der Waals surface area contributed by atoms with Crippen molar-refractivity contribution in [2.24, 2.45) is 0 Å². The van der Waals surface area contributed by atoms with E-state index in [-0.39, 0.29) is 12.0 Å². The van der Waals surface area contributed by atoms with Gasteiger partial charge in [0, 0.05) is 6.54 Å². The molecule has 0 radical (unpaired) electrons. The summed E-state index contributed by atoms with van der Waals surface area (Å²) in [7, 11) is 0. The Bertz CT molecular complexity index is 669. The van der Waals surface area contributed by atoms with Gasteiger partial charge < -0.3 is 9.64 Å². The highest BCUT2D eigenvalue weighted by atomic mass is 16.5. The summed E-state index contributed by atoms with van der Waals surface area (Å²) < 4.78 is 6.21. The molecule has 1 fully saturated rings. The van der Waals surface area contributed by atoms with Crippen LogP contribution in [0.3, 0.4) is 0 Å². The average Bonchev–Trinajstić information content (AvgIpc) is 2.63. The Morgan fingerprint density at radius 3 is 2.67 bits per heavy atom. The number of amides is 1. The largest absolute Gasteiger partial charge is 0.488 e. The van der Waals surface area contributed by atoms with E-state index < -0.39 is 0 Å². The number of hydrogen-bond acceptors (Lipinski definition) is 2. The van der Waals surface area contributed by atoms with Gasteiger partial charge in [-0.3, -0.25) is 4.79 Å². The monoisotopic (exact) mass is 323 g/mol. The number of likely N-dealkylation sites (tertiary alicyclic amines) is 1. The van der Waals surface area contributed by atoms with Gasteiger partial charge >= 0.3 is 0 Å². The molecule has 0 aromatic heterocycles. The van der Waals surface area contributed by atoms with Crippen molar-refractivity contribution in [2.75, 3.05) is 13.1 Å². The fourth-order valence-corrected chi connectivity index (χ4v) is 3.23. The molecule has 2 aromatic carbocycles. The molecule has 1 amide bonds. The molecule has 126 valence electrons. The summed E-state index contributed by atoms with van der Waals surface area (Å²) in [5.74, 6) is 1.15. The highest BCUT2D eigenvalue weighted by Gasteiger charge is 2.25. The van der Waals surface area contributed by atoms with Crippen LogP contribution in [0.25, 0.3) is 0 Å². The maximum Gasteiger partial charge on any atom is 0.227 e. The molecule has 0 saturated carbocycles. The van der Waals surface area contributed by atoms with Crippen LogP contribution in [-0.4, -0.2) is 30.0 Å². The van der Waals surface area contributed by atoms with Gasteiger partial charge in [-0.1, -0.05) is 55.5 Å². The molecule has 3 rings (SSSR count). The molecule has 1 unspecified atom stereocenters. The molecule has 0 aliphatic carbocycles. The Morgan fingerprint density at radius 2 is 1.88 bits per heavy atom. The van der Waals surface area contributed by atoms with Crippen LogP contribution < -0.4 is 4.74 Å². The van der Waals surface area contributed by atoms with E-state index in [1.165, 1.54) is 5.56 Å². The normalized spacial score (nSPS) is 17.5. The molecule has 1 aliphatic heterocycles. The predicted octanol–water partition coefficient (Wildman–Crippen LogP) is 3.86. The number of hydrogen-bond donors (Lipinski definition) is 0. The minimum Gasteiger partial charge on any atom is -0.488 e. The van der Waals surface area contributed by atoms with Crippen molar-refractivity contribution in [2.45, 2.75) is 38.7 Å². The number of rotatable bonds is 5. The highest BCUT2D eigenvalue weighted by molar-refractivity contribution is 5.78. The second kappa shape index (κ2) is 8.00. The van der Waals surface area contributed by atoms with Gasteiger partial charge in [-0.25, -0.2) is 0 Å². The molecule has 1 aliphatic rings. The summed E-state index contributed by atoms with van der Waals surface area (Å²) >= 11 is 0. The molecule has 1 saturated heterocycles. The van der Waals surface area contributed by atoms with E-state index in [0.29, 0.717) is 13.0 Å². The minimum atomic E-state index is 0.0890. The average molecular weight is 323 g/mol. The van der Waals surface area contributed by atoms with Crippen LogP contribution in [0.2, 0.25) is 0 Å². The Morgan fingerprint density at radius 1 is 1.12 bits per heavy atom. The van der Waals surface area contributed by atoms with E-state index in [0.717, 1.165) is 37.1 Å². The van der Waals surface area contributed by atoms with Crippen LogP contribution in [0, 0.1) is 0 Å². The summed E-state index contributed by atoms with van der Waals surface area (Å²) in [6, 6.07) is 18.1. The van der Waals surface area contributed by atoms with Crippen molar-refractivity contribution in [3.8, 4) is 5.75 Å². The zero-order valence-corrected chi connectivity index (χ0v) is 14.3. The number of para-hydroxylation sites is 1. The molecular formula is C21H25NO2. The number of ether oxygens (including phenoxy) is 1. The lowest BCUT2D eigenvalue weighted by molar-refractivity contribution is -0.133. The third-order valence-electron chi connectivity index (χ3n) is 4.58. The van der Waals surface area contributed by atoms with Crippen LogP contribution in [0.1, 0.15) is 30.9 Å². The van der Waals surface area contributed by atoms with E-state index in [1.807, 2.05) is 53.4 Å². The smallest absolute Gasteiger partial charge is 0.227 e. The Hall–Kier alpha value is -2.29. The quantitative estimate of drug-likeness (QED) is 0.836. The van der Waals surface area contributed by atoms with E-state index in [2.05, 4.69) is 13.0 Å². The summed E-state index contributed by atoms with van der Waals surface area (Å²) in [5.41, 5.74) is 2.30. The predicted molar refractivity (Wildman–Crippen MR) is 96.2 cm³/mol. The van der Waals surface area contributed by atoms with Gasteiger partial charge in [-0.05, 0) is 36.5 Å². The van der Waals surface area contributed by atoms with Crippen LogP contribution in [0.4, 0.5) is 0 Å². The molecule has 24 heavy (non-hydrogen) atoms. The maximum absolute atomic E-state index is 12.6. The van der Waals surface area contributed by atoms with E-state index in [1.54, 1.807) is 0 Å². The van der Waals surface area contributed by atoms with Crippen LogP contribution in [-0.2, 0) is 17.6 Å². The molecule has 0 spiro atoms. The number of carbonyl (C=O) groups excluding carboxylic acids is 1. The molecule has 2 aromatic rings. The second-order valence-corrected chi connectivity index (χ2v) is 6.35. The third-order valence-corrected chi connectivity index (χ3v) is 4.58. The van der Waals surface area contributed by atoms with Gasteiger partial charge in [-0.15, -0.1) is 0 Å². The standard InChI is InChI=1S/C21H25NO2/c1-2-18-11-6-7-13-20(18)24-19-12-8-14-22(16-19)21(23)15-17-9-4-3-5-10-17/h3-7,9-11,13,19H,2,8,12,14-16H2,1H3. The SMILES string of the molecule is CCc1ccccc1OC1CCCN(C(=O)Cc2ccccc2)C1.